The van der Waals surface area contributed by atoms with Crippen molar-refractivity contribution in [3.05, 3.63) is 11.3 Å². The Kier molecular flexibility index (Phi) is 1.26. The van der Waals surface area contributed by atoms with E-state index in [2.05, 4.69) is 13.8 Å². The molecule has 1 N–H and O–H groups in total. The zero-order valence-electron chi connectivity index (χ0n) is 7.72. The van der Waals surface area contributed by atoms with Crippen LogP contribution in [0.5, 0.6) is 0 Å². The Hall–Kier alpha value is -0.790. The summed E-state index contributed by atoms with van der Waals surface area (Å²) in [7, 11) is 0. The number of fused-ring (bicyclic) bond motifs is 1. The van der Waals surface area contributed by atoms with Crippen molar-refractivity contribution in [1.29, 1.82) is 0 Å². The molecule has 0 amide bonds. The first-order valence-electron chi connectivity index (χ1n) is 4.42. The topological polar surface area (TPSA) is 37.3 Å². The van der Waals surface area contributed by atoms with Crippen LogP contribution in [0.2, 0.25) is 0 Å². The van der Waals surface area contributed by atoms with Crippen molar-refractivity contribution in [2.75, 3.05) is 0 Å². The standard InChI is InChI=1S/C10H14O2/c1-5-7(11)4-6-8(9(5)12)10(6,2)3/h5-6,12H,4H2,1-3H3/t5-,6-/m1/s1. The Morgan fingerprint density at radius 3 is 2.67 bits per heavy atom. The van der Waals surface area contributed by atoms with Gasteiger partial charge < -0.3 is 5.11 Å². The van der Waals surface area contributed by atoms with Crippen LogP contribution in [0.4, 0.5) is 0 Å². The molecular formula is C10H14O2. The zero-order chi connectivity index (χ0) is 9.09. The molecule has 1 saturated carbocycles. The second-order valence-corrected chi connectivity index (χ2v) is 4.47. The van der Waals surface area contributed by atoms with Crippen LogP contribution in [0, 0.1) is 17.3 Å². The number of carbonyl (C=O) groups excluding carboxylic acids is 1. The average molecular weight is 166 g/mol. The van der Waals surface area contributed by atoms with Crippen molar-refractivity contribution in [2.24, 2.45) is 17.3 Å². The number of allylic oxidation sites excluding steroid dienone is 2. The van der Waals surface area contributed by atoms with E-state index in [0.717, 1.165) is 5.57 Å². The molecule has 0 saturated heterocycles. The Morgan fingerprint density at radius 1 is 1.50 bits per heavy atom. The van der Waals surface area contributed by atoms with E-state index in [1.54, 1.807) is 6.92 Å². The third-order valence-corrected chi connectivity index (χ3v) is 3.40. The number of rotatable bonds is 0. The van der Waals surface area contributed by atoms with E-state index in [0.29, 0.717) is 18.1 Å². The van der Waals surface area contributed by atoms with Crippen LogP contribution in [0.25, 0.3) is 0 Å². The average Bonchev–Trinajstić information content (AvgIpc) is 2.49. The minimum Gasteiger partial charge on any atom is -0.512 e. The zero-order valence-corrected chi connectivity index (χ0v) is 7.72. The molecule has 2 atom stereocenters. The van der Waals surface area contributed by atoms with Gasteiger partial charge in [-0.25, -0.2) is 0 Å². The number of ketones is 1. The van der Waals surface area contributed by atoms with Gasteiger partial charge in [0.25, 0.3) is 0 Å². The smallest absolute Gasteiger partial charge is 0.143 e. The van der Waals surface area contributed by atoms with Crippen LogP contribution >= 0.6 is 0 Å². The molecule has 0 aliphatic heterocycles. The van der Waals surface area contributed by atoms with Gasteiger partial charge in [0.1, 0.15) is 11.5 Å². The number of hydrogen-bond acceptors (Lipinski definition) is 2. The van der Waals surface area contributed by atoms with Gasteiger partial charge in [-0.2, -0.15) is 0 Å². The predicted octanol–water partition coefficient (Wildman–Crippen LogP) is 2.06. The third-order valence-electron chi connectivity index (χ3n) is 3.40. The van der Waals surface area contributed by atoms with Gasteiger partial charge in [0.15, 0.2) is 0 Å². The molecule has 0 spiro atoms. The summed E-state index contributed by atoms with van der Waals surface area (Å²) in [5.74, 6) is 0.618. The number of carbonyl (C=O) groups is 1. The molecule has 66 valence electrons. The summed E-state index contributed by atoms with van der Waals surface area (Å²) < 4.78 is 0. The lowest BCUT2D eigenvalue weighted by molar-refractivity contribution is -0.122. The van der Waals surface area contributed by atoms with Crippen molar-refractivity contribution < 1.29 is 9.90 Å². The molecule has 0 bridgehead atoms. The van der Waals surface area contributed by atoms with E-state index in [9.17, 15) is 9.90 Å². The maximum atomic E-state index is 11.3. The van der Waals surface area contributed by atoms with Crippen LogP contribution in [0.15, 0.2) is 11.3 Å². The number of aliphatic hydroxyl groups is 1. The monoisotopic (exact) mass is 166 g/mol. The first-order chi connectivity index (χ1) is 5.46. The highest BCUT2D eigenvalue weighted by Crippen LogP contribution is 2.63. The second kappa shape index (κ2) is 1.93. The predicted molar refractivity (Wildman–Crippen MR) is 45.7 cm³/mol. The van der Waals surface area contributed by atoms with Crippen molar-refractivity contribution in [3.63, 3.8) is 0 Å². The highest BCUT2D eigenvalue weighted by molar-refractivity contribution is 5.87. The molecule has 2 heteroatoms. The van der Waals surface area contributed by atoms with Gasteiger partial charge in [-0.05, 0) is 23.8 Å². The Balaban J connectivity index is 2.42. The molecule has 1 fully saturated rings. The maximum Gasteiger partial charge on any atom is 0.143 e. The van der Waals surface area contributed by atoms with Crippen LogP contribution in [-0.2, 0) is 4.79 Å². The first-order valence-corrected chi connectivity index (χ1v) is 4.42. The lowest BCUT2D eigenvalue weighted by Gasteiger charge is -2.12. The minimum absolute atomic E-state index is 0.0878. The molecule has 0 aromatic rings. The van der Waals surface area contributed by atoms with E-state index in [1.807, 2.05) is 0 Å². The van der Waals surface area contributed by atoms with E-state index >= 15 is 0 Å². The van der Waals surface area contributed by atoms with E-state index in [1.165, 1.54) is 0 Å². The molecule has 2 nitrogen and oxygen atoms in total. The highest BCUT2D eigenvalue weighted by Gasteiger charge is 2.58. The molecule has 0 radical (unpaired) electrons. The van der Waals surface area contributed by atoms with Gasteiger partial charge in [0.2, 0.25) is 0 Å². The fourth-order valence-electron chi connectivity index (χ4n) is 2.27. The number of hydrogen-bond donors (Lipinski definition) is 1. The molecular weight excluding hydrogens is 152 g/mol. The summed E-state index contributed by atoms with van der Waals surface area (Å²) in [4.78, 5) is 11.3. The van der Waals surface area contributed by atoms with E-state index < -0.39 is 0 Å². The lowest BCUT2D eigenvalue weighted by atomic mass is 9.94. The largest absolute Gasteiger partial charge is 0.512 e. The maximum absolute atomic E-state index is 11.3. The van der Waals surface area contributed by atoms with E-state index in [-0.39, 0.29) is 17.1 Å². The van der Waals surface area contributed by atoms with Crippen LogP contribution in [0.3, 0.4) is 0 Å². The van der Waals surface area contributed by atoms with Crippen molar-refractivity contribution in [2.45, 2.75) is 27.2 Å². The molecule has 2 aliphatic carbocycles. The molecule has 0 heterocycles. The van der Waals surface area contributed by atoms with Gasteiger partial charge in [-0.3, -0.25) is 4.79 Å². The van der Waals surface area contributed by atoms with Crippen molar-refractivity contribution in [3.8, 4) is 0 Å². The molecule has 2 rings (SSSR count). The highest BCUT2D eigenvalue weighted by atomic mass is 16.3. The second-order valence-electron chi connectivity index (χ2n) is 4.47. The molecule has 12 heavy (non-hydrogen) atoms. The molecule has 0 unspecified atom stereocenters. The SMILES string of the molecule is C[C@@H]1C(=O)C[C@@H]2C(=C1O)C2(C)C. The minimum atomic E-state index is -0.252. The van der Waals surface area contributed by atoms with Gasteiger partial charge in [-0.1, -0.05) is 13.8 Å². The summed E-state index contributed by atoms with van der Waals surface area (Å²) in [6.45, 7) is 5.97. The number of Topliss-reactive ketones (excluding diaryl/α,β-unsaturated/α-hetero) is 1. The lowest BCUT2D eigenvalue weighted by Crippen LogP contribution is -2.17. The molecule has 0 aromatic carbocycles. The fraction of sp³-hybridized carbons (Fsp3) is 0.700. The van der Waals surface area contributed by atoms with Crippen LogP contribution in [0.1, 0.15) is 27.2 Å². The van der Waals surface area contributed by atoms with Crippen LogP contribution < -0.4 is 0 Å². The summed E-state index contributed by atoms with van der Waals surface area (Å²) >= 11 is 0. The summed E-state index contributed by atoms with van der Waals surface area (Å²) in [5, 5.41) is 9.65. The number of aliphatic hydroxyl groups excluding tert-OH is 1. The third kappa shape index (κ3) is 0.728. The van der Waals surface area contributed by atoms with Crippen molar-refractivity contribution >= 4 is 5.78 Å². The normalized spacial score (nSPS) is 38.1. The summed E-state index contributed by atoms with van der Waals surface area (Å²) in [5.41, 5.74) is 1.21. The fourth-order valence-corrected chi connectivity index (χ4v) is 2.27. The van der Waals surface area contributed by atoms with Gasteiger partial charge in [0.05, 0.1) is 5.92 Å². The Bertz CT molecular complexity index is 286. The van der Waals surface area contributed by atoms with Crippen molar-refractivity contribution in [1.82, 2.24) is 0 Å². The quantitative estimate of drug-likeness (QED) is 0.598. The van der Waals surface area contributed by atoms with Crippen LogP contribution in [-0.4, -0.2) is 10.9 Å². The van der Waals surface area contributed by atoms with Gasteiger partial charge in [-0.15, -0.1) is 0 Å². The Morgan fingerprint density at radius 2 is 2.08 bits per heavy atom. The van der Waals surface area contributed by atoms with E-state index in [4.69, 9.17) is 0 Å². The first kappa shape index (κ1) is 7.84. The van der Waals surface area contributed by atoms with Gasteiger partial charge >= 0.3 is 0 Å². The van der Waals surface area contributed by atoms with Gasteiger partial charge in [0, 0.05) is 6.42 Å². The molecule has 2 aliphatic rings. The Labute approximate surface area is 72.3 Å². The molecule has 0 aromatic heterocycles. The summed E-state index contributed by atoms with van der Waals surface area (Å²) in [6.07, 6.45) is 0.633. The summed E-state index contributed by atoms with van der Waals surface area (Å²) in [6, 6.07) is 0.